The van der Waals surface area contributed by atoms with Crippen LogP contribution in [0.15, 0.2) is 0 Å². The third-order valence-electron chi connectivity index (χ3n) is 8.95. The molecule has 8 nitrogen and oxygen atoms in total. The van der Waals surface area contributed by atoms with Gasteiger partial charge in [-0.1, -0.05) is 0 Å². The lowest BCUT2D eigenvalue weighted by Crippen LogP contribution is -2.57. The monoisotopic (exact) mass is 448 g/mol. The fraction of sp³-hybridized carbons (Fsp3) is 0.917. The average Bonchev–Trinajstić information content (AvgIpc) is 3.39. The Morgan fingerprint density at radius 1 is 1.09 bits per heavy atom. The minimum Gasteiger partial charge on any atom is -0.450 e. The van der Waals surface area contributed by atoms with Crippen molar-refractivity contribution >= 4 is 12.1 Å². The van der Waals surface area contributed by atoms with Crippen LogP contribution in [0.5, 0.6) is 0 Å². The molecular formula is C24H40N4O4. The number of likely N-dealkylation sites (N-methyl/N-ethyl adjacent to an activating group) is 1. The second kappa shape index (κ2) is 9.01. The Balaban J connectivity index is 1.08. The van der Waals surface area contributed by atoms with Gasteiger partial charge in [-0.15, -0.1) is 0 Å². The SMILES string of the molecule is CCOC(=O)N1CCC2(CC(N3CCC([C@@H]4CCCN4C(=O)N(C)C4COC4)CC3)C2)C1. The van der Waals surface area contributed by atoms with Gasteiger partial charge in [-0.25, -0.2) is 9.59 Å². The summed E-state index contributed by atoms with van der Waals surface area (Å²) in [4.78, 5) is 33.8. The molecule has 0 radical (unpaired) electrons. The molecule has 1 spiro atoms. The van der Waals surface area contributed by atoms with E-state index >= 15 is 0 Å². The zero-order valence-electron chi connectivity index (χ0n) is 19.8. The van der Waals surface area contributed by atoms with Crippen LogP contribution in [0.2, 0.25) is 0 Å². The van der Waals surface area contributed by atoms with Gasteiger partial charge in [0.05, 0.1) is 25.9 Å². The second-order valence-electron chi connectivity index (χ2n) is 10.8. The number of carbonyl (C=O) groups excluding carboxylic acids is 2. The Hall–Kier alpha value is -1.54. The lowest BCUT2D eigenvalue weighted by molar-refractivity contribution is -0.0481. The van der Waals surface area contributed by atoms with Gasteiger partial charge in [-0.2, -0.15) is 0 Å². The van der Waals surface area contributed by atoms with Crippen LogP contribution in [0.4, 0.5) is 9.59 Å². The zero-order chi connectivity index (χ0) is 22.3. The third kappa shape index (κ3) is 4.09. The first-order chi connectivity index (χ1) is 15.5. The molecule has 1 saturated carbocycles. The summed E-state index contributed by atoms with van der Waals surface area (Å²) in [5.41, 5.74) is 0.332. The number of nitrogens with zero attached hydrogens (tertiary/aromatic N) is 4. The molecule has 3 amide bonds. The van der Waals surface area contributed by atoms with E-state index in [-0.39, 0.29) is 18.2 Å². The number of rotatable bonds is 4. The number of urea groups is 1. The molecule has 5 fully saturated rings. The van der Waals surface area contributed by atoms with Crippen molar-refractivity contribution in [3.05, 3.63) is 0 Å². The van der Waals surface area contributed by atoms with Gasteiger partial charge in [-0.05, 0) is 76.3 Å². The first-order valence-electron chi connectivity index (χ1n) is 12.8. The van der Waals surface area contributed by atoms with E-state index in [1.165, 1.54) is 25.7 Å². The first-order valence-corrected chi connectivity index (χ1v) is 12.8. The molecule has 0 unspecified atom stereocenters. The van der Waals surface area contributed by atoms with E-state index in [1.54, 1.807) is 0 Å². The predicted octanol–water partition coefficient (Wildman–Crippen LogP) is 2.62. The summed E-state index contributed by atoms with van der Waals surface area (Å²) in [5, 5.41) is 0. The molecule has 0 aromatic carbocycles. The lowest BCUT2D eigenvalue weighted by atomic mass is 9.64. The molecule has 1 atom stereocenters. The maximum Gasteiger partial charge on any atom is 0.409 e. The highest BCUT2D eigenvalue weighted by molar-refractivity contribution is 5.75. The number of piperidine rings is 1. The Bertz CT molecular complexity index is 700. The number of hydrogen-bond acceptors (Lipinski definition) is 5. The lowest BCUT2D eigenvalue weighted by Gasteiger charge is -2.52. The smallest absolute Gasteiger partial charge is 0.409 e. The molecule has 4 aliphatic heterocycles. The molecule has 4 saturated heterocycles. The first kappa shape index (κ1) is 22.3. The van der Waals surface area contributed by atoms with Gasteiger partial charge in [0.15, 0.2) is 0 Å². The van der Waals surface area contributed by atoms with Gasteiger partial charge in [0, 0.05) is 38.8 Å². The fourth-order valence-electron chi connectivity index (χ4n) is 6.83. The summed E-state index contributed by atoms with van der Waals surface area (Å²) in [5.74, 6) is 0.628. The van der Waals surface area contributed by atoms with E-state index < -0.39 is 0 Å². The molecule has 0 N–H and O–H groups in total. The highest BCUT2D eigenvalue weighted by atomic mass is 16.6. The van der Waals surface area contributed by atoms with Crippen molar-refractivity contribution in [2.24, 2.45) is 11.3 Å². The molecule has 5 aliphatic rings. The Kier molecular flexibility index (Phi) is 6.27. The van der Waals surface area contributed by atoms with E-state index in [0.29, 0.717) is 43.2 Å². The Morgan fingerprint density at radius 3 is 2.50 bits per heavy atom. The van der Waals surface area contributed by atoms with Crippen molar-refractivity contribution in [2.45, 2.75) is 70.0 Å². The summed E-state index contributed by atoms with van der Waals surface area (Å²) in [6.45, 7) is 8.61. The second-order valence-corrected chi connectivity index (χ2v) is 10.8. The molecular weight excluding hydrogens is 408 g/mol. The van der Waals surface area contributed by atoms with E-state index in [0.717, 1.165) is 52.0 Å². The summed E-state index contributed by atoms with van der Waals surface area (Å²) in [6, 6.07) is 1.54. The van der Waals surface area contributed by atoms with Crippen LogP contribution >= 0.6 is 0 Å². The van der Waals surface area contributed by atoms with Crippen LogP contribution in [0.3, 0.4) is 0 Å². The maximum absolute atomic E-state index is 13.1. The maximum atomic E-state index is 13.1. The molecule has 1 aliphatic carbocycles. The van der Waals surface area contributed by atoms with Crippen LogP contribution in [0, 0.1) is 11.3 Å². The third-order valence-corrected chi connectivity index (χ3v) is 8.95. The molecule has 180 valence electrons. The van der Waals surface area contributed by atoms with Gasteiger partial charge in [0.2, 0.25) is 0 Å². The number of likely N-dealkylation sites (tertiary alicyclic amines) is 3. The molecule has 0 aromatic heterocycles. The van der Waals surface area contributed by atoms with Crippen LogP contribution in [0.1, 0.15) is 51.9 Å². The van der Waals surface area contributed by atoms with Crippen molar-refractivity contribution in [3.8, 4) is 0 Å². The quantitative estimate of drug-likeness (QED) is 0.662. The topological polar surface area (TPSA) is 65.6 Å². The van der Waals surface area contributed by atoms with Gasteiger partial charge in [0.1, 0.15) is 0 Å². The van der Waals surface area contributed by atoms with E-state index in [9.17, 15) is 9.59 Å². The Labute approximate surface area is 192 Å². The summed E-state index contributed by atoms with van der Waals surface area (Å²) >= 11 is 0. The zero-order valence-corrected chi connectivity index (χ0v) is 19.8. The van der Waals surface area contributed by atoms with Crippen molar-refractivity contribution in [1.29, 1.82) is 0 Å². The van der Waals surface area contributed by atoms with E-state index in [4.69, 9.17) is 9.47 Å². The highest BCUT2D eigenvalue weighted by Gasteiger charge is 2.52. The fourth-order valence-corrected chi connectivity index (χ4v) is 6.83. The highest BCUT2D eigenvalue weighted by Crippen LogP contribution is 2.51. The standard InChI is InChI=1S/C24H40N4O4/c1-3-32-23(30)27-12-8-24(17-27)13-19(14-24)26-10-6-18(7-11-26)21-5-4-9-28(21)22(29)25(2)20-15-31-16-20/h18-21H,3-17H2,1-2H3/t19?,21-,24?/m0/s1. The molecule has 0 bridgehead atoms. The van der Waals surface area contributed by atoms with Crippen molar-refractivity contribution in [3.63, 3.8) is 0 Å². The van der Waals surface area contributed by atoms with Crippen LogP contribution in [-0.2, 0) is 9.47 Å². The van der Waals surface area contributed by atoms with Gasteiger partial charge in [0.25, 0.3) is 0 Å². The molecule has 5 rings (SSSR count). The van der Waals surface area contributed by atoms with Crippen molar-refractivity contribution in [2.75, 3.05) is 59.6 Å². The van der Waals surface area contributed by atoms with Crippen molar-refractivity contribution < 1.29 is 19.1 Å². The van der Waals surface area contributed by atoms with Crippen molar-refractivity contribution in [1.82, 2.24) is 19.6 Å². The normalized spacial score (nSPS) is 33.9. The molecule has 8 heteroatoms. The number of amides is 3. The Morgan fingerprint density at radius 2 is 1.84 bits per heavy atom. The number of hydrogen-bond donors (Lipinski definition) is 0. The van der Waals surface area contributed by atoms with Gasteiger partial charge in [-0.3, -0.25) is 0 Å². The van der Waals surface area contributed by atoms with Crippen LogP contribution in [-0.4, -0.2) is 109 Å². The molecule has 4 heterocycles. The van der Waals surface area contributed by atoms with Crippen LogP contribution in [0.25, 0.3) is 0 Å². The summed E-state index contributed by atoms with van der Waals surface area (Å²) in [6.07, 6.45) is 8.10. The minimum atomic E-state index is -0.139. The largest absolute Gasteiger partial charge is 0.450 e. The summed E-state index contributed by atoms with van der Waals surface area (Å²) < 4.78 is 10.5. The van der Waals surface area contributed by atoms with Crippen LogP contribution < -0.4 is 0 Å². The summed E-state index contributed by atoms with van der Waals surface area (Å²) in [7, 11) is 1.94. The number of ether oxygens (including phenoxy) is 2. The predicted molar refractivity (Wildman–Crippen MR) is 120 cm³/mol. The average molecular weight is 449 g/mol. The van der Waals surface area contributed by atoms with E-state index in [2.05, 4.69) is 9.80 Å². The van der Waals surface area contributed by atoms with Gasteiger partial charge >= 0.3 is 12.1 Å². The molecule has 32 heavy (non-hydrogen) atoms. The minimum absolute atomic E-state index is 0.139. The van der Waals surface area contributed by atoms with E-state index in [1.807, 2.05) is 23.8 Å². The number of carbonyl (C=O) groups is 2. The molecule has 0 aromatic rings. The van der Waals surface area contributed by atoms with Gasteiger partial charge < -0.3 is 29.1 Å².